The number of carbonyl (C=O) groups excluding carboxylic acids is 1. The van der Waals surface area contributed by atoms with Gasteiger partial charge in [-0.1, -0.05) is 41.1 Å². The Morgan fingerprint density at radius 3 is 2.46 bits per heavy atom. The Bertz CT molecular complexity index is 866. The molecule has 0 saturated heterocycles. The number of aryl methyl sites for hydroxylation is 1. The summed E-state index contributed by atoms with van der Waals surface area (Å²) in [6.07, 6.45) is 1.74. The van der Waals surface area contributed by atoms with Gasteiger partial charge < -0.3 is 14.3 Å². The predicted octanol–water partition coefficient (Wildman–Crippen LogP) is 4.29. The van der Waals surface area contributed by atoms with Gasteiger partial charge in [-0.05, 0) is 50.1 Å². The maximum Gasteiger partial charge on any atom is 0.367 e. The van der Waals surface area contributed by atoms with E-state index in [-0.39, 0.29) is 0 Å². The van der Waals surface area contributed by atoms with Gasteiger partial charge in [-0.15, -0.1) is 0 Å². The van der Waals surface area contributed by atoms with Crippen LogP contribution in [-0.2, 0) is 16.2 Å². The van der Waals surface area contributed by atoms with Crippen molar-refractivity contribution in [2.45, 2.75) is 27.4 Å². The molecule has 1 aliphatic rings. The van der Waals surface area contributed by atoms with Gasteiger partial charge in [-0.25, -0.2) is 4.79 Å². The summed E-state index contributed by atoms with van der Waals surface area (Å²) < 4.78 is 11.6. The first-order valence-corrected chi connectivity index (χ1v) is 8.50. The van der Waals surface area contributed by atoms with Gasteiger partial charge >= 0.3 is 5.97 Å². The van der Waals surface area contributed by atoms with Gasteiger partial charge in [0.15, 0.2) is 11.5 Å². The van der Waals surface area contributed by atoms with Gasteiger partial charge in [0.05, 0.1) is 17.9 Å². The number of ether oxygens (including phenoxy) is 2. The molecule has 5 nitrogen and oxygen atoms in total. The molecule has 0 unspecified atom stereocenters. The van der Waals surface area contributed by atoms with Crippen LogP contribution < -0.4 is 9.47 Å². The van der Waals surface area contributed by atoms with Crippen LogP contribution in [0.3, 0.4) is 0 Å². The molecule has 134 valence electrons. The van der Waals surface area contributed by atoms with E-state index >= 15 is 0 Å². The van der Waals surface area contributed by atoms with E-state index < -0.39 is 5.97 Å². The number of hydrogen-bond acceptors (Lipinski definition) is 5. The molecule has 26 heavy (non-hydrogen) atoms. The van der Waals surface area contributed by atoms with Crippen LogP contribution in [0.4, 0.5) is 0 Å². The molecule has 1 heterocycles. The molecule has 0 atom stereocenters. The van der Waals surface area contributed by atoms with Crippen molar-refractivity contribution in [1.29, 1.82) is 0 Å². The highest BCUT2D eigenvalue weighted by atomic mass is 16.7. The van der Waals surface area contributed by atoms with Crippen LogP contribution in [0.15, 0.2) is 53.2 Å². The normalized spacial score (nSPS) is 15.0. The summed E-state index contributed by atoms with van der Waals surface area (Å²) in [5.74, 6) is 0.851. The molecule has 2 aromatic rings. The van der Waals surface area contributed by atoms with Crippen molar-refractivity contribution in [3.05, 3.63) is 64.7 Å². The smallest absolute Gasteiger partial charge is 0.367 e. The third kappa shape index (κ3) is 4.11. The van der Waals surface area contributed by atoms with Gasteiger partial charge in [-0.3, -0.25) is 0 Å². The molecule has 1 aliphatic heterocycles. The average Bonchev–Trinajstić information content (AvgIpc) is 2.95. The minimum absolute atomic E-state index is 0.444. The van der Waals surface area contributed by atoms with E-state index in [2.05, 4.69) is 29.0 Å². The lowest BCUT2D eigenvalue weighted by Gasteiger charge is -2.13. The second kappa shape index (κ2) is 7.87. The number of oxime groups is 1. The van der Waals surface area contributed by atoms with E-state index in [1.165, 1.54) is 5.56 Å². The molecule has 0 bridgehead atoms. The number of carbonyl (C=O) groups is 1. The lowest BCUT2D eigenvalue weighted by molar-refractivity contribution is -0.136. The van der Waals surface area contributed by atoms with Crippen molar-refractivity contribution < 1.29 is 19.1 Å². The van der Waals surface area contributed by atoms with Gasteiger partial charge in [0.1, 0.15) is 6.61 Å². The third-order valence-electron chi connectivity index (χ3n) is 3.97. The van der Waals surface area contributed by atoms with E-state index in [4.69, 9.17) is 9.47 Å². The molecular formula is C21H21NO4. The highest BCUT2D eigenvalue weighted by Gasteiger charge is 2.21. The Balaban J connectivity index is 1.80. The molecule has 0 saturated carbocycles. The second-order valence-electron chi connectivity index (χ2n) is 6.03. The summed E-state index contributed by atoms with van der Waals surface area (Å²) in [6, 6.07) is 13.8. The molecule has 0 spiro atoms. The topological polar surface area (TPSA) is 57.1 Å². The Labute approximate surface area is 152 Å². The van der Waals surface area contributed by atoms with Crippen LogP contribution in [-0.4, -0.2) is 18.3 Å². The van der Waals surface area contributed by atoms with Gasteiger partial charge in [0.2, 0.25) is 0 Å². The Kier molecular flexibility index (Phi) is 5.37. The average molecular weight is 351 g/mol. The molecular weight excluding hydrogens is 330 g/mol. The van der Waals surface area contributed by atoms with Crippen molar-refractivity contribution in [1.82, 2.24) is 0 Å². The fourth-order valence-corrected chi connectivity index (χ4v) is 2.53. The summed E-state index contributed by atoms with van der Waals surface area (Å²) >= 11 is 0. The van der Waals surface area contributed by atoms with Crippen molar-refractivity contribution in [2.24, 2.45) is 5.16 Å². The first kappa shape index (κ1) is 17.7. The minimum atomic E-state index is -0.444. The Morgan fingerprint density at radius 2 is 1.81 bits per heavy atom. The van der Waals surface area contributed by atoms with Crippen LogP contribution in [0.25, 0.3) is 6.08 Å². The Hall–Kier alpha value is -3.08. The number of hydrogen-bond donors (Lipinski definition) is 0. The quantitative estimate of drug-likeness (QED) is 0.575. The number of nitrogens with zero attached hydrogens (tertiary/aromatic N) is 1. The predicted molar refractivity (Wildman–Crippen MR) is 100 cm³/mol. The zero-order valence-electron chi connectivity index (χ0n) is 15.1. The van der Waals surface area contributed by atoms with Crippen molar-refractivity contribution in [2.75, 3.05) is 6.61 Å². The van der Waals surface area contributed by atoms with Crippen LogP contribution in [0.1, 0.15) is 30.5 Å². The minimum Gasteiger partial charge on any atom is -0.490 e. The molecule has 0 radical (unpaired) electrons. The zero-order valence-corrected chi connectivity index (χ0v) is 15.1. The second-order valence-corrected chi connectivity index (χ2v) is 6.03. The SMILES string of the molecule is CCOc1cc(/C=C2/C(=O)ON=C2C)ccc1OCc1ccc(C)cc1. The zero-order chi connectivity index (χ0) is 18.5. The maximum atomic E-state index is 11.7. The third-order valence-corrected chi connectivity index (χ3v) is 3.97. The van der Waals surface area contributed by atoms with Crippen LogP contribution in [0.5, 0.6) is 11.5 Å². The van der Waals surface area contributed by atoms with Crippen molar-refractivity contribution in [3.8, 4) is 11.5 Å². The van der Waals surface area contributed by atoms with E-state index in [1.54, 1.807) is 13.0 Å². The molecule has 5 heteroatoms. The first-order valence-electron chi connectivity index (χ1n) is 8.50. The van der Waals surface area contributed by atoms with Crippen LogP contribution in [0, 0.1) is 6.92 Å². The molecule has 0 fully saturated rings. The Morgan fingerprint density at radius 1 is 1.04 bits per heavy atom. The fraction of sp³-hybridized carbons (Fsp3) is 0.238. The molecule has 0 aromatic heterocycles. The number of rotatable bonds is 6. The van der Waals surface area contributed by atoms with E-state index in [1.807, 2.05) is 37.3 Å². The van der Waals surface area contributed by atoms with Gasteiger partial charge in [0.25, 0.3) is 0 Å². The fourth-order valence-electron chi connectivity index (χ4n) is 2.53. The summed E-state index contributed by atoms with van der Waals surface area (Å²) in [5, 5.41) is 3.68. The maximum absolute atomic E-state index is 11.7. The molecule has 0 N–H and O–H groups in total. The van der Waals surface area contributed by atoms with Crippen molar-refractivity contribution in [3.63, 3.8) is 0 Å². The van der Waals surface area contributed by atoms with Crippen LogP contribution in [0.2, 0.25) is 0 Å². The van der Waals surface area contributed by atoms with Gasteiger partial charge in [-0.2, -0.15) is 0 Å². The summed E-state index contributed by atoms with van der Waals surface area (Å²) in [6.45, 7) is 6.68. The molecule has 0 amide bonds. The first-order chi connectivity index (χ1) is 12.6. The molecule has 2 aromatic carbocycles. The highest BCUT2D eigenvalue weighted by Crippen LogP contribution is 2.30. The largest absolute Gasteiger partial charge is 0.490 e. The van der Waals surface area contributed by atoms with Gasteiger partial charge in [0, 0.05) is 0 Å². The summed E-state index contributed by atoms with van der Waals surface area (Å²) in [7, 11) is 0. The monoisotopic (exact) mass is 351 g/mol. The van der Waals surface area contributed by atoms with E-state index in [0.717, 1.165) is 11.1 Å². The van der Waals surface area contributed by atoms with E-state index in [9.17, 15) is 4.79 Å². The van der Waals surface area contributed by atoms with Crippen LogP contribution >= 0.6 is 0 Å². The standard InChI is InChI=1S/C21H21NO4/c1-4-24-20-12-17(11-18-15(3)22-26-21(18)23)9-10-19(20)25-13-16-7-5-14(2)6-8-16/h5-12H,4,13H2,1-3H3/b18-11+. The lowest BCUT2D eigenvalue weighted by Crippen LogP contribution is -2.02. The summed E-state index contributed by atoms with van der Waals surface area (Å²) in [5.41, 5.74) is 4.13. The lowest BCUT2D eigenvalue weighted by atomic mass is 10.1. The number of benzene rings is 2. The highest BCUT2D eigenvalue weighted by molar-refractivity contribution is 6.24. The van der Waals surface area contributed by atoms with E-state index in [0.29, 0.717) is 36.0 Å². The van der Waals surface area contributed by atoms with Crippen molar-refractivity contribution >= 4 is 17.8 Å². The summed E-state index contributed by atoms with van der Waals surface area (Å²) in [4.78, 5) is 16.4. The molecule has 0 aliphatic carbocycles. The molecule has 3 rings (SSSR count).